The van der Waals surface area contributed by atoms with Crippen molar-refractivity contribution in [2.24, 2.45) is 5.92 Å². The summed E-state index contributed by atoms with van der Waals surface area (Å²) in [6.45, 7) is 13.0. The molecule has 2 aromatic rings. The van der Waals surface area contributed by atoms with E-state index in [1.807, 2.05) is 42.5 Å². The number of benzene rings is 2. The normalized spacial score (nSPS) is 18.4. The third-order valence-electron chi connectivity index (χ3n) is 10.2. The van der Waals surface area contributed by atoms with Crippen LogP contribution in [0.25, 0.3) is 0 Å². The van der Waals surface area contributed by atoms with E-state index in [9.17, 15) is 24.0 Å². The SMILES string of the molecule is CC(=O)N[C@@H](C)C(=O)N[C@@H](C)C(=O)NCCN1CCN(CCCCC2CCN(CC(=O)N3c4ccccc4NC(=O)c4ccccc43)CC2)CC1. The van der Waals surface area contributed by atoms with E-state index in [1.165, 1.54) is 26.2 Å². The second-order valence-corrected chi connectivity index (χ2v) is 14.1. The van der Waals surface area contributed by atoms with E-state index in [0.29, 0.717) is 41.6 Å². The highest BCUT2D eigenvalue weighted by molar-refractivity contribution is 6.17. The zero-order chi connectivity index (χ0) is 36.3. The number of nitrogens with zero attached hydrogens (tertiary/aromatic N) is 4. The summed E-state index contributed by atoms with van der Waals surface area (Å²) in [5.74, 6) is -0.473. The molecule has 0 aromatic heterocycles. The van der Waals surface area contributed by atoms with Crippen LogP contribution in [0.5, 0.6) is 0 Å². The largest absolute Gasteiger partial charge is 0.353 e. The van der Waals surface area contributed by atoms with Gasteiger partial charge in [0, 0.05) is 46.2 Å². The number of nitrogens with one attached hydrogen (secondary N) is 4. The van der Waals surface area contributed by atoms with E-state index in [4.69, 9.17) is 0 Å². The molecule has 2 saturated heterocycles. The number of likely N-dealkylation sites (tertiary alicyclic amines) is 1. The van der Waals surface area contributed by atoms with Gasteiger partial charge in [0.2, 0.25) is 23.6 Å². The van der Waals surface area contributed by atoms with E-state index < -0.39 is 12.1 Å². The van der Waals surface area contributed by atoms with Crippen LogP contribution in [0.1, 0.15) is 63.2 Å². The molecule has 13 nitrogen and oxygen atoms in total. The van der Waals surface area contributed by atoms with Crippen LogP contribution in [-0.4, -0.2) is 122 Å². The van der Waals surface area contributed by atoms with Crippen LogP contribution in [0.4, 0.5) is 17.1 Å². The van der Waals surface area contributed by atoms with Gasteiger partial charge in [-0.2, -0.15) is 0 Å². The first-order valence-corrected chi connectivity index (χ1v) is 18.4. The highest BCUT2D eigenvalue weighted by atomic mass is 16.2. The number of fused-ring (bicyclic) bond motifs is 2. The average Bonchev–Trinajstić information content (AvgIpc) is 3.24. The lowest BCUT2D eigenvalue weighted by Crippen LogP contribution is -2.52. The monoisotopic (exact) mass is 702 g/mol. The summed E-state index contributed by atoms with van der Waals surface area (Å²) >= 11 is 0. The van der Waals surface area contributed by atoms with Gasteiger partial charge in [-0.15, -0.1) is 0 Å². The Morgan fingerprint density at radius 1 is 0.765 bits per heavy atom. The molecule has 4 N–H and O–H groups in total. The Labute approximate surface area is 301 Å². The second-order valence-electron chi connectivity index (χ2n) is 14.1. The van der Waals surface area contributed by atoms with Crippen molar-refractivity contribution in [1.82, 2.24) is 30.7 Å². The van der Waals surface area contributed by atoms with Crippen molar-refractivity contribution in [1.29, 1.82) is 0 Å². The molecular weight excluding hydrogens is 648 g/mol. The molecule has 5 rings (SSSR count). The maximum absolute atomic E-state index is 13.8. The summed E-state index contributed by atoms with van der Waals surface area (Å²) in [5, 5.41) is 11.0. The van der Waals surface area contributed by atoms with Crippen molar-refractivity contribution in [3.63, 3.8) is 0 Å². The number of hydrogen-bond donors (Lipinski definition) is 4. The van der Waals surface area contributed by atoms with Crippen LogP contribution in [0.3, 0.4) is 0 Å². The van der Waals surface area contributed by atoms with Crippen molar-refractivity contribution in [3.05, 3.63) is 54.1 Å². The Hall–Kier alpha value is -4.33. The molecule has 5 amide bonds. The summed E-state index contributed by atoms with van der Waals surface area (Å²) in [7, 11) is 0. The Kier molecular flexibility index (Phi) is 13.6. The number of rotatable bonds is 14. The number of carbonyl (C=O) groups is 5. The molecule has 3 aliphatic rings. The molecule has 0 radical (unpaired) electrons. The van der Waals surface area contributed by atoms with Gasteiger partial charge >= 0.3 is 0 Å². The Morgan fingerprint density at radius 3 is 2.10 bits per heavy atom. The molecule has 2 aromatic carbocycles. The van der Waals surface area contributed by atoms with Gasteiger partial charge < -0.3 is 26.2 Å². The molecule has 13 heteroatoms. The van der Waals surface area contributed by atoms with Gasteiger partial charge in [-0.3, -0.25) is 38.7 Å². The first-order chi connectivity index (χ1) is 24.6. The van der Waals surface area contributed by atoms with Crippen molar-refractivity contribution in [2.75, 3.05) is 75.7 Å². The highest BCUT2D eigenvalue weighted by Gasteiger charge is 2.31. The minimum atomic E-state index is -0.695. The number of unbranched alkanes of at least 4 members (excludes halogenated alkanes) is 1. The Balaban J connectivity index is 0.942. The Bertz CT molecular complexity index is 1540. The summed E-state index contributed by atoms with van der Waals surface area (Å²) in [5.41, 5.74) is 2.46. The fourth-order valence-electron chi connectivity index (χ4n) is 7.19. The minimum absolute atomic E-state index is 0.0272. The van der Waals surface area contributed by atoms with Gasteiger partial charge in [-0.25, -0.2) is 0 Å². The predicted octanol–water partition coefficient (Wildman–Crippen LogP) is 2.56. The van der Waals surface area contributed by atoms with Crippen LogP contribution in [0.15, 0.2) is 48.5 Å². The zero-order valence-electron chi connectivity index (χ0n) is 30.3. The van der Waals surface area contributed by atoms with Crippen molar-refractivity contribution in [2.45, 2.75) is 65.0 Å². The number of piperidine rings is 1. The molecule has 2 fully saturated rings. The topological polar surface area (TPSA) is 146 Å². The molecule has 276 valence electrons. The molecule has 0 saturated carbocycles. The van der Waals surface area contributed by atoms with E-state index in [-0.39, 0.29) is 29.5 Å². The lowest BCUT2D eigenvalue weighted by molar-refractivity contribution is -0.131. The highest BCUT2D eigenvalue weighted by Crippen LogP contribution is 2.38. The molecule has 3 aliphatic heterocycles. The number of para-hydroxylation sites is 3. The fraction of sp³-hybridized carbons (Fsp3) is 0.553. The average molecular weight is 703 g/mol. The van der Waals surface area contributed by atoms with Crippen molar-refractivity contribution >= 4 is 46.6 Å². The first kappa shape index (κ1) is 37.9. The van der Waals surface area contributed by atoms with Crippen LogP contribution < -0.4 is 26.2 Å². The number of piperazine rings is 1. The third-order valence-corrected chi connectivity index (χ3v) is 10.2. The summed E-state index contributed by atoms with van der Waals surface area (Å²) in [4.78, 5) is 71.3. The molecule has 2 atom stereocenters. The van der Waals surface area contributed by atoms with Gasteiger partial charge in [0.1, 0.15) is 12.1 Å². The minimum Gasteiger partial charge on any atom is -0.353 e. The third kappa shape index (κ3) is 10.6. The summed E-state index contributed by atoms with van der Waals surface area (Å²) < 4.78 is 0. The summed E-state index contributed by atoms with van der Waals surface area (Å²) in [6, 6.07) is 13.4. The molecule has 0 aliphatic carbocycles. The van der Waals surface area contributed by atoms with Crippen LogP contribution in [-0.2, 0) is 19.2 Å². The van der Waals surface area contributed by atoms with E-state index in [0.717, 1.165) is 65.2 Å². The molecular formula is C38H54N8O5. The number of anilines is 3. The van der Waals surface area contributed by atoms with Crippen molar-refractivity contribution in [3.8, 4) is 0 Å². The van der Waals surface area contributed by atoms with Gasteiger partial charge in [-0.05, 0) is 82.9 Å². The van der Waals surface area contributed by atoms with E-state index in [1.54, 1.807) is 24.8 Å². The number of carbonyl (C=O) groups excluding carboxylic acids is 5. The van der Waals surface area contributed by atoms with Gasteiger partial charge in [0.25, 0.3) is 5.91 Å². The molecule has 51 heavy (non-hydrogen) atoms. The zero-order valence-corrected chi connectivity index (χ0v) is 30.3. The first-order valence-electron chi connectivity index (χ1n) is 18.4. The maximum Gasteiger partial charge on any atom is 0.257 e. The van der Waals surface area contributed by atoms with Crippen LogP contribution >= 0.6 is 0 Å². The smallest absolute Gasteiger partial charge is 0.257 e. The lowest BCUT2D eigenvalue weighted by atomic mass is 9.91. The van der Waals surface area contributed by atoms with Crippen LogP contribution in [0, 0.1) is 5.92 Å². The van der Waals surface area contributed by atoms with Gasteiger partial charge in [-0.1, -0.05) is 37.1 Å². The van der Waals surface area contributed by atoms with Gasteiger partial charge in [0.05, 0.1) is 29.2 Å². The van der Waals surface area contributed by atoms with Gasteiger partial charge in [0.15, 0.2) is 0 Å². The number of hydrogen-bond acceptors (Lipinski definition) is 8. The Morgan fingerprint density at radius 2 is 1.39 bits per heavy atom. The summed E-state index contributed by atoms with van der Waals surface area (Å²) in [6.07, 6.45) is 5.79. The van der Waals surface area contributed by atoms with Crippen molar-refractivity contribution < 1.29 is 24.0 Å². The predicted molar refractivity (Wildman–Crippen MR) is 198 cm³/mol. The standard InChI is InChI=1S/C38H54N8O5/c1-27(41-37(50)28(2)40-29(3)47)36(49)39-17-21-44-24-22-43(23-25-44)18-9-8-10-30-15-19-45(20-16-30)26-35(48)46-33-13-6-4-11-31(33)38(51)42-32-12-5-7-14-34(32)46/h4-7,11-14,27-28,30H,8-10,15-26H2,1-3H3,(H,39,49)(H,40,47)(H,41,50)(H,42,51)/t27-,28-/m0/s1. The lowest BCUT2D eigenvalue weighted by Gasteiger charge is -2.35. The van der Waals surface area contributed by atoms with E-state index in [2.05, 4.69) is 36.0 Å². The molecule has 3 heterocycles. The fourth-order valence-corrected chi connectivity index (χ4v) is 7.19. The maximum atomic E-state index is 13.8. The molecule has 0 bridgehead atoms. The van der Waals surface area contributed by atoms with E-state index >= 15 is 0 Å². The number of amides is 5. The second kappa shape index (κ2) is 18.2. The molecule has 0 spiro atoms. The molecule has 0 unspecified atom stereocenters. The quantitative estimate of drug-likeness (QED) is 0.220. The van der Waals surface area contributed by atoms with Crippen LogP contribution in [0.2, 0.25) is 0 Å².